The van der Waals surface area contributed by atoms with Gasteiger partial charge >= 0.3 is 0 Å². The third-order valence-corrected chi connectivity index (χ3v) is 4.31. The van der Waals surface area contributed by atoms with Gasteiger partial charge in [-0.1, -0.05) is 12.8 Å². The molecule has 0 aromatic heterocycles. The minimum Gasteiger partial charge on any atom is -0.385 e. The molecule has 1 saturated heterocycles. The van der Waals surface area contributed by atoms with Gasteiger partial charge in [-0.2, -0.15) is 0 Å². The first-order valence-electron chi connectivity index (χ1n) is 7.08. The largest absolute Gasteiger partial charge is 0.385 e. The van der Waals surface area contributed by atoms with Crippen LogP contribution in [0.1, 0.15) is 46.0 Å². The molecule has 1 saturated carbocycles. The maximum absolute atomic E-state index is 12.6. The fourth-order valence-corrected chi connectivity index (χ4v) is 3.25. The fourth-order valence-electron chi connectivity index (χ4n) is 3.25. The van der Waals surface area contributed by atoms with Gasteiger partial charge in [-0.3, -0.25) is 9.59 Å². The van der Waals surface area contributed by atoms with E-state index in [1.54, 1.807) is 21.0 Å². The van der Waals surface area contributed by atoms with E-state index < -0.39 is 11.1 Å². The highest BCUT2D eigenvalue weighted by Crippen LogP contribution is 2.39. The van der Waals surface area contributed by atoms with Crippen LogP contribution in [-0.4, -0.2) is 48.1 Å². The number of nitrogens with one attached hydrogen (secondary N) is 1. The van der Waals surface area contributed by atoms with Gasteiger partial charge in [0.15, 0.2) is 0 Å². The lowest BCUT2D eigenvalue weighted by Gasteiger charge is -2.49. The molecule has 2 fully saturated rings. The lowest BCUT2D eigenvalue weighted by atomic mass is 9.85. The summed E-state index contributed by atoms with van der Waals surface area (Å²) in [6.07, 6.45) is 4.37. The Hall–Kier alpha value is -1.10. The highest BCUT2D eigenvalue weighted by atomic mass is 16.5. The summed E-state index contributed by atoms with van der Waals surface area (Å²) < 4.78 is 5.06. The molecule has 1 aliphatic carbocycles. The molecule has 2 rings (SSSR count). The fraction of sp³-hybridized carbons (Fsp3) is 0.857. The van der Waals surface area contributed by atoms with Crippen LogP contribution in [0.15, 0.2) is 0 Å². The van der Waals surface area contributed by atoms with Gasteiger partial charge in [0, 0.05) is 20.3 Å². The number of rotatable bonds is 4. The molecule has 1 N–H and O–H groups in total. The van der Waals surface area contributed by atoms with E-state index in [2.05, 4.69) is 5.32 Å². The van der Waals surface area contributed by atoms with Crippen molar-refractivity contribution in [1.29, 1.82) is 0 Å². The first-order chi connectivity index (χ1) is 8.94. The minimum atomic E-state index is -0.794. The van der Waals surface area contributed by atoms with Gasteiger partial charge in [-0.05, 0) is 33.1 Å². The second-order valence-electron chi connectivity index (χ2n) is 6.12. The van der Waals surface area contributed by atoms with Crippen molar-refractivity contribution in [3.8, 4) is 0 Å². The Balaban J connectivity index is 2.24. The van der Waals surface area contributed by atoms with Crippen LogP contribution < -0.4 is 5.32 Å². The van der Waals surface area contributed by atoms with E-state index in [-0.39, 0.29) is 11.8 Å². The molecule has 5 heteroatoms. The highest BCUT2D eigenvalue weighted by Gasteiger charge is 2.55. The summed E-state index contributed by atoms with van der Waals surface area (Å²) in [4.78, 5) is 26.9. The summed E-state index contributed by atoms with van der Waals surface area (Å²) in [5.41, 5.74) is -1.39. The van der Waals surface area contributed by atoms with Gasteiger partial charge in [0.1, 0.15) is 11.1 Å². The smallest absolute Gasteiger partial charge is 0.248 e. The maximum atomic E-state index is 12.6. The molecule has 5 nitrogen and oxygen atoms in total. The average Bonchev–Trinajstić information content (AvgIpc) is 2.82. The van der Waals surface area contributed by atoms with Crippen molar-refractivity contribution < 1.29 is 14.3 Å². The molecule has 1 aliphatic heterocycles. The zero-order valence-electron chi connectivity index (χ0n) is 12.1. The van der Waals surface area contributed by atoms with Gasteiger partial charge in [0.05, 0.1) is 0 Å². The van der Waals surface area contributed by atoms with Gasteiger partial charge in [-0.25, -0.2) is 0 Å². The molecular formula is C14H24N2O3. The quantitative estimate of drug-likeness (QED) is 0.776. The first-order valence-corrected chi connectivity index (χ1v) is 7.08. The van der Waals surface area contributed by atoms with E-state index in [4.69, 9.17) is 4.74 Å². The number of hydrogen-bond donors (Lipinski definition) is 1. The summed E-state index contributed by atoms with van der Waals surface area (Å²) in [5, 5.41) is 2.90. The Labute approximate surface area is 114 Å². The van der Waals surface area contributed by atoms with E-state index >= 15 is 0 Å². The Morgan fingerprint density at radius 3 is 2.47 bits per heavy atom. The van der Waals surface area contributed by atoms with Crippen molar-refractivity contribution in [3.05, 3.63) is 0 Å². The number of carbonyl (C=O) groups excluding carboxylic acids is 2. The van der Waals surface area contributed by atoms with Crippen molar-refractivity contribution in [2.45, 2.75) is 57.0 Å². The van der Waals surface area contributed by atoms with Crippen molar-refractivity contribution in [2.24, 2.45) is 0 Å². The van der Waals surface area contributed by atoms with E-state index in [0.717, 1.165) is 32.1 Å². The number of piperazine rings is 1. The number of hydrogen-bond acceptors (Lipinski definition) is 3. The van der Waals surface area contributed by atoms with Crippen LogP contribution in [-0.2, 0) is 14.3 Å². The van der Waals surface area contributed by atoms with Crippen LogP contribution in [0.25, 0.3) is 0 Å². The molecule has 0 atom stereocenters. The predicted molar refractivity (Wildman–Crippen MR) is 71.6 cm³/mol. The number of carbonyl (C=O) groups is 2. The Kier molecular flexibility index (Phi) is 3.85. The van der Waals surface area contributed by atoms with Crippen LogP contribution in [0, 0.1) is 0 Å². The molecule has 0 unspecified atom stereocenters. The molecule has 0 aromatic rings. The summed E-state index contributed by atoms with van der Waals surface area (Å²) in [6, 6.07) is 0. The van der Waals surface area contributed by atoms with Crippen molar-refractivity contribution in [2.75, 3.05) is 20.3 Å². The third kappa shape index (κ3) is 2.36. The van der Waals surface area contributed by atoms with Gasteiger partial charge in [0.25, 0.3) is 0 Å². The minimum absolute atomic E-state index is 0.0204. The van der Waals surface area contributed by atoms with Gasteiger partial charge in [-0.15, -0.1) is 0 Å². The van der Waals surface area contributed by atoms with Crippen LogP contribution in [0.2, 0.25) is 0 Å². The summed E-state index contributed by atoms with van der Waals surface area (Å²) in [7, 11) is 1.65. The van der Waals surface area contributed by atoms with Crippen molar-refractivity contribution in [3.63, 3.8) is 0 Å². The topological polar surface area (TPSA) is 58.6 Å². The summed E-state index contributed by atoms with van der Waals surface area (Å²) in [5.74, 6) is 0.0529. The zero-order chi connectivity index (χ0) is 14.1. The highest BCUT2D eigenvalue weighted by molar-refractivity contribution is 6.02. The summed E-state index contributed by atoms with van der Waals surface area (Å²) in [6.45, 7) is 4.77. The molecule has 1 spiro atoms. The van der Waals surface area contributed by atoms with E-state index in [9.17, 15) is 9.59 Å². The average molecular weight is 268 g/mol. The lowest BCUT2D eigenvalue weighted by Crippen LogP contribution is -2.73. The maximum Gasteiger partial charge on any atom is 0.248 e. The van der Waals surface area contributed by atoms with Gasteiger partial charge in [0.2, 0.25) is 11.8 Å². The molecule has 108 valence electrons. The molecule has 0 bridgehead atoms. The van der Waals surface area contributed by atoms with E-state index in [1.165, 1.54) is 0 Å². The normalized spacial score (nSPS) is 24.9. The van der Waals surface area contributed by atoms with Crippen LogP contribution in [0.4, 0.5) is 0 Å². The van der Waals surface area contributed by atoms with E-state index in [1.807, 2.05) is 4.90 Å². The monoisotopic (exact) mass is 268 g/mol. The van der Waals surface area contributed by atoms with E-state index in [0.29, 0.717) is 13.2 Å². The summed E-state index contributed by atoms with van der Waals surface area (Å²) >= 11 is 0. The molecule has 19 heavy (non-hydrogen) atoms. The Morgan fingerprint density at radius 1 is 1.26 bits per heavy atom. The first kappa shape index (κ1) is 14.3. The van der Waals surface area contributed by atoms with Gasteiger partial charge < -0.3 is 15.0 Å². The zero-order valence-corrected chi connectivity index (χ0v) is 12.1. The predicted octanol–water partition coefficient (Wildman–Crippen LogP) is 1.07. The Bertz CT molecular complexity index is 373. The molecule has 0 aromatic carbocycles. The van der Waals surface area contributed by atoms with Crippen LogP contribution in [0.5, 0.6) is 0 Å². The molecule has 2 aliphatic rings. The number of methoxy groups -OCH3 is 1. The molecular weight excluding hydrogens is 244 g/mol. The number of nitrogens with zero attached hydrogens (tertiary/aromatic N) is 1. The van der Waals surface area contributed by atoms with Crippen molar-refractivity contribution in [1.82, 2.24) is 10.2 Å². The van der Waals surface area contributed by atoms with Crippen LogP contribution in [0.3, 0.4) is 0 Å². The number of amides is 2. The standard InChI is InChI=1S/C14H24N2O3/c1-13(2)12(18)16(9-6-10-19-3)14(11(17)15-13)7-4-5-8-14/h4-10H2,1-3H3,(H,15,17). The molecule has 1 heterocycles. The second kappa shape index (κ2) is 5.12. The molecule has 0 radical (unpaired) electrons. The Morgan fingerprint density at radius 2 is 1.89 bits per heavy atom. The lowest BCUT2D eigenvalue weighted by molar-refractivity contribution is -0.161. The van der Waals surface area contributed by atoms with Crippen LogP contribution >= 0.6 is 0 Å². The SMILES string of the molecule is COCCCN1C(=O)C(C)(C)NC(=O)C12CCCC2. The van der Waals surface area contributed by atoms with Crippen molar-refractivity contribution >= 4 is 11.8 Å². The second-order valence-corrected chi connectivity index (χ2v) is 6.12. The third-order valence-electron chi connectivity index (χ3n) is 4.31. The molecule has 2 amide bonds. The number of ether oxygens (including phenoxy) is 1.